The molecule has 1 aliphatic rings. The van der Waals surface area contributed by atoms with Crippen molar-refractivity contribution in [2.75, 3.05) is 0 Å². The number of hydrogen-bond acceptors (Lipinski definition) is 2. The molecular formula is C10H14N2O2. The molecule has 0 spiro atoms. The van der Waals surface area contributed by atoms with Crippen LogP contribution in [0.1, 0.15) is 36.7 Å². The van der Waals surface area contributed by atoms with Crippen LogP contribution in [0, 0.1) is 0 Å². The molecule has 1 fully saturated rings. The molecule has 0 aromatic carbocycles. The van der Waals surface area contributed by atoms with Crippen LogP contribution in [0.3, 0.4) is 0 Å². The summed E-state index contributed by atoms with van der Waals surface area (Å²) < 4.78 is 1.94. The molecule has 4 nitrogen and oxygen atoms in total. The summed E-state index contributed by atoms with van der Waals surface area (Å²) in [6.07, 6.45) is 5.17. The van der Waals surface area contributed by atoms with E-state index in [1.54, 1.807) is 0 Å². The summed E-state index contributed by atoms with van der Waals surface area (Å²) in [5.74, 6) is 0.759. The Morgan fingerprint density at radius 2 is 2.43 bits per heavy atom. The zero-order valence-corrected chi connectivity index (χ0v) is 8.23. The Morgan fingerprint density at radius 3 is 3.00 bits per heavy atom. The van der Waals surface area contributed by atoms with Gasteiger partial charge in [0.05, 0.1) is 12.1 Å². The van der Waals surface area contributed by atoms with Gasteiger partial charge in [0.2, 0.25) is 0 Å². The summed E-state index contributed by atoms with van der Waals surface area (Å²) in [7, 11) is 1.93. The van der Waals surface area contributed by atoms with Crippen molar-refractivity contribution < 1.29 is 9.90 Å². The maximum atomic E-state index is 10.4. The van der Waals surface area contributed by atoms with Crippen molar-refractivity contribution in [3.63, 3.8) is 0 Å². The maximum Gasteiger partial charge on any atom is 0.303 e. The summed E-state index contributed by atoms with van der Waals surface area (Å²) in [6, 6.07) is 0. The van der Waals surface area contributed by atoms with Gasteiger partial charge < -0.3 is 9.67 Å². The van der Waals surface area contributed by atoms with E-state index in [0.717, 1.165) is 11.5 Å². The topological polar surface area (TPSA) is 55.1 Å². The second-order valence-corrected chi connectivity index (χ2v) is 3.86. The third kappa shape index (κ3) is 1.95. The van der Waals surface area contributed by atoms with Gasteiger partial charge in [-0.05, 0) is 12.8 Å². The van der Waals surface area contributed by atoms with Crippen molar-refractivity contribution in [2.45, 2.75) is 31.6 Å². The molecule has 2 rings (SSSR count). The van der Waals surface area contributed by atoms with E-state index < -0.39 is 5.97 Å². The van der Waals surface area contributed by atoms with E-state index in [4.69, 9.17) is 5.11 Å². The van der Waals surface area contributed by atoms with Crippen LogP contribution in [0.25, 0.3) is 0 Å². The number of carboxylic acids is 1. The largest absolute Gasteiger partial charge is 0.481 e. The molecule has 1 N–H and O–H groups in total. The minimum atomic E-state index is -0.763. The number of hydrogen-bond donors (Lipinski definition) is 1. The zero-order chi connectivity index (χ0) is 10.1. The molecule has 0 radical (unpaired) electrons. The van der Waals surface area contributed by atoms with Gasteiger partial charge in [0.25, 0.3) is 0 Å². The zero-order valence-electron chi connectivity index (χ0n) is 8.23. The Labute approximate surface area is 82.6 Å². The van der Waals surface area contributed by atoms with Crippen molar-refractivity contribution in [2.24, 2.45) is 7.05 Å². The van der Waals surface area contributed by atoms with E-state index in [9.17, 15) is 4.79 Å². The van der Waals surface area contributed by atoms with Crippen LogP contribution in [-0.2, 0) is 18.3 Å². The highest BCUT2D eigenvalue weighted by atomic mass is 16.4. The lowest BCUT2D eigenvalue weighted by Crippen LogP contribution is -2.02. The summed E-state index contributed by atoms with van der Waals surface area (Å²) in [5.41, 5.74) is 1.13. The number of rotatable bonds is 4. The van der Waals surface area contributed by atoms with E-state index in [2.05, 4.69) is 4.98 Å². The van der Waals surface area contributed by atoms with E-state index in [1.165, 1.54) is 12.8 Å². The summed E-state index contributed by atoms with van der Waals surface area (Å²) in [4.78, 5) is 14.8. The predicted octanol–water partition coefficient (Wildman–Crippen LogP) is 1.31. The highest BCUT2D eigenvalue weighted by Crippen LogP contribution is 2.39. The highest BCUT2D eigenvalue weighted by Gasteiger charge is 2.26. The molecule has 1 aromatic heterocycles. The molecule has 4 heteroatoms. The van der Waals surface area contributed by atoms with Crippen LogP contribution in [0.2, 0.25) is 0 Å². The van der Waals surface area contributed by atoms with Crippen molar-refractivity contribution in [3.05, 3.63) is 17.7 Å². The standard InChI is InChI=1S/C10H14N2O2/c1-12-6-8(7-2-3-7)11-9(12)4-5-10(13)14/h6-7H,2-5H2,1H3,(H,13,14). The van der Waals surface area contributed by atoms with Gasteiger partial charge in [-0.25, -0.2) is 4.98 Å². The average Bonchev–Trinajstić information content (AvgIpc) is 2.88. The van der Waals surface area contributed by atoms with E-state index in [-0.39, 0.29) is 6.42 Å². The van der Waals surface area contributed by atoms with Crippen molar-refractivity contribution >= 4 is 5.97 Å². The molecular weight excluding hydrogens is 180 g/mol. The first kappa shape index (κ1) is 9.24. The molecule has 0 amide bonds. The number of aryl methyl sites for hydroxylation is 2. The third-order valence-electron chi connectivity index (χ3n) is 2.55. The van der Waals surface area contributed by atoms with E-state index in [1.807, 2.05) is 17.8 Å². The number of carbonyl (C=O) groups is 1. The van der Waals surface area contributed by atoms with Gasteiger partial charge in [-0.15, -0.1) is 0 Å². The van der Waals surface area contributed by atoms with Gasteiger partial charge in [-0.2, -0.15) is 0 Å². The Bertz CT molecular complexity index is 353. The third-order valence-corrected chi connectivity index (χ3v) is 2.55. The van der Waals surface area contributed by atoms with Gasteiger partial charge in [0.15, 0.2) is 0 Å². The predicted molar refractivity (Wildman–Crippen MR) is 51.1 cm³/mol. The first-order valence-corrected chi connectivity index (χ1v) is 4.90. The Morgan fingerprint density at radius 1 is 1.71 bits per heavy atom. The average molecular weight is 194 g/mol. The minimum absolute atomic E-state index is 0.162. The monoisotopic (exact) mass is 194 g/mol. The minimum Gasteiger partial charge on any atom is -0.481 e. The van der Waals surface area contributed by atoms with E-state index >= 15 is 0 Å². The van der Waals surface area contributed by atoms with Crippen molar-refractivity contribution in [1.29, 1.82) is 0 Å². The van der Waals surface area contributed by atoms with Crippen LogP contribution in [0.5, 0.6) is 0 Å². The first-order chi connectivity index (χ1) is 6.66. The molecule has 0 saturated heterocycles. The quantitative estimate of drug-likeness (QED) is 0.786. The molecule has 76 valence electrons. The second kappa shape index (κ2) is 3.44. The number of imidazole rings is 1. The smallest absolute Gasteiger partial charge is 0.303 e. The van der Waals surface area contributed by atoms with Crippen LogP contribution in [0.15, 0.2) is 6.20 Å². The number of carboxylic acid groups (broad SMARTS) is 1. The fourth-order valence-corrected chi connectivity index (χ4v) is 1.56. The molecule has 0 bridgehead atoms. The number of nitrogens with zero attached hydrogens (tertiary/aromatic N) is 2. The van der Waals surface area contributed by atoms with Gasteiger partial charge in [0.1, 0.15) is 5.82 Å². The maximum absolute atomic E-state index is 10.4. The molecule has 1 aliphatic carbocycles. The van der Waals surface area contributed by atoms with Crippen molar-refractivity contribution in [1.82, 2.24) is 9.55 Å². The molecule has 1 heterocycles. The van der Waals surface area contributed by atoms with Gasteiger partial charge in [0, 0.05) is 25.6 Å². The lowest BCUT2D eigenvalue weighted by atomic mass is 10.3. The van der Waals surface area contributed by atoms with Crippen LogP contribution < -0.4 is 0 Å². The van der Waals surface area contributed by atoms with Crippen molar-refractivity contribution in [3.8, 4) is 0 Å². The fraction of sp³-hybridized carbons (Fsp3) is 0.600. The Kier molecular flexibility index (Phi) is 2.27. The molecule has 1 aromatic rings. The second-order valence-electron chi connectivity index (χ2n) is 3.86. The highest BCUT2D eigenvalue weighted by molar-refractivity contribution is 5.66. The molecule has 0 aliphatic heterocycles. The summed E-state index contributed by atoms with van der Waals surface area (Å²) >= 11 is 0. The summed E-state index contributed by atoms with van der Waals surface area (Å²) in [6.45, 7) is 0. The molecule has 0 unspecified atom stereocenters. The van der Waals surface area contributed by atoms with Gasteiger partial charge >= 0.3 is 5.97 Å². The lowest BCUT2D eigenvalue weighted by Gasteiger charge is -1.97. The first-order valence-electron chi connectivity index (χ1n) is 4.90. The molecule has 1 saturated carbocycles. The molecule has 0 atom stereocenters. The van der Waals surface area contributed by atoms with Crippen LogP contribution in [-0.4, -0.2) is 20.6 Å². The lowest BCUT2D eigenvalue weighted by molar-refractivity contribution is -0.137. The Hall–Kier alpha value is -1.32. The molecule has 14 heavy (non-hydrogen) atoms. The van der Waals surface area contributed by atoms with Crippen LogP contribution >= 0.6 is 0 Å². The fourth-order valence-electron chi connectivity index (χ4n) is 1.56. The SMILES string of the molecule is Cn1cc(C2CC2)nc1CCC(=O)O. The van der Waals surface area contributed by atoms with Gasteiger partial charge in [-0.1, -0.05) is 0 Å². The summed E-state index contributed by atoms with van der Waals surface area (Å²) in [5, 5.41) is 8.56. The van der Waals surface area contributed by atoms with Gasteiger partial charge in [-0.3, -0.25) is 4.79 Å². The normalized spacial score (nSPS) is 15.8. The van der Waals surface area contributed by atoms with Crippen LogP contribution in [0.4, 0.5) is 0 Å². The number of aliphatic carboxylic acids is 1. The Balaban J connectivity index is 2.04. The van der Waals surface area contributed by atoms with E-state index in [0.29, 0.717) is 12.3 Å². The number of aromatic nitrogens is 2.